The van der Waals surface area contributed by atoms with Crippen molar-refractivity contribution in [1.82, 2.24) is 4.98 Å². The minimum absolute atomic E-state index is 0.627. The van der Waals surface area contributed by atoms with E-state index in [-0.39, 0.29) is 0 Å². The zero-order valence-electron chi connectivity index (χ0n) is 24.0. The summed E-state index contributed by atoms with van der Waals surface area (Å²) in [4.78, 5) is 7.09. The molecule has 0 aliphatic heterocycles. The number of oxazole rings is 1. The topological polar surface area (TPSA) is 29.3 Å². The minimum atomic E-state index is 0.627. The van der Waals surface area contributed by atoms with Crippen molar-refractivity contribution in [2.75, 3.05) is 4.90 Å². The molecule has 0 amide bonds. The summed E-state index contributed by atoms with van der Waals surface area (Å²) in [5.41, 5.74) is 10.3. The van der Waals surface area contributed by atoms with Gasteiger partial charge in [0.05, 0.1) is 0 Å². The third-order valence-electron chi connectivity index (χ3n) is 8.07. The van der Waals surface area contributed by atoms with Crippen molar-refractivity contribution >= 4 is 38.9 Å². The molecule has 0 bridgehead atoms. The highest BCUT2D eigenvalue weighted by atomic mass is 16.3. The monoisotopic (exact) mass is 564 g/mol. The van der Waals surface area contributed by atoms with E-state index in [0.29, 0.717) is 5.89 Å². The second-order valence-corrected chi connectivity index (χ2v) is 10.9. The molecule has 8 rings (SSSR count). The summed E-state index contributed by atoms with van der Waals surface area (Å²) in [5, 5.41) is 2.50. The van der Waals surface area contributed by atoms with Gasteiger partial charge in [0.1, 0.15) is 5.52 Å². The van der Waals surface area contributed by atoms with Gasteiger partial charge in [-0.2, -0.15) is 0 Å². The second kappa shape index (κ2) is 11.0. The Labute approximate surface area is 256 Å². The number of anilines is 3. The molecular formula is C41H28N2O. The molecule has 0 aliphatic rings. The van der Waals surface area contributed by atoms with Crippen LogP contribution in [0.3, 0.4) is 0 Å². The van der Waals surface area contributed by atoms with Gasteiger partial charge < -0.3 is 9.32 Å². The highest BCUT2D eigenvalue weighted by molar-refractivity contribution is 5.93. The highest BCUT2D eigenvalue weighted by Crippen LogP contribution is 2.39. The fourth-order valence-electron chi connectivity index (χ4n) is 5.89. The van der Waals surface area contributed by atoms with Crippen LogP contribution in [0, 0.1) is 0 Å². The fourth-order valence-corrected chi connectivity index (χ4v) is 5.89. The van der Waals surface area contributed by atoms with Crippen LogP contribution < -0.4 is 4.90 Å². The quantitative estimate of drug-likeness (QED) is 0.201. The lowest BCUT2D eigenvalue weighted by Crippen LogP contribution is -2.09. The number of rotatable bonds is 6. The van der Waals surface area contributed by atoms with Gasteiger partial charge in [-0.15, -0.1) is 0 Å². The van der Waals surface area contributed by atoms with Crippen LogP contribution in [0.5, 0.6) is 0 Å². The minimum Gasteiger partial charge on any atom is -0.435 e. The van der Waals surface area contributed by atoms with Crippen LogP contribution in [0.25, 0.3) is 55.6 Å². The molecule has 0 radical (unpaired) electrons. The van der Waals surface area contributed by atoms with Crippen molar-refractivity contribution < 1.29 is 4.42 Å². The Morgan fingerprint density at radius 3 is 1.86 bits per heavy atom. The van der Waals surface area contributed by atoms with Gasteiger partial charge in [-0.1, -0.05) is 109 Å². The van der Waals surface area contributed by atoms with Crippen LogP contribution in [0.15, 0.2) is 174 Å². The summed E-state index contributed by atoms with van der Waals surface area (Å²) in [6.45, 7) is 0. The molecule has 1 aromatic heterocycles. The maximum Gasteiger partial charge on any atom is 0.227 e. The van der Waals surface area contributed by atoms with Gasteiger partial charge in [0.15, 0.2) is 5.58 Å². The van der Waals surface area contributed by atoms with E-state index in [2.05, 4.69) is 132 Å². The molecule has 0 fully saturated rings. The van der Waals surface area contributed by atoms with Gasteiger partial charge in [-0.05, 0) is 88.1 Å². The first-order valence-electron chi connectivity index (χ1n) is 14.8. The van der Waals surface area contributed by atoms with E-state index >= 15 is 0 Å². The zero-order chi connectivity index (χ0) is 29.3. The lowest BCUT2D eigenvalue weighted by molar-refractivity contribution is 0.621. The highest BCUT2D eigenvalue weighted by Gasteiger charge is 2.16. The fraction of sp³-hybridized carbons (Fsp3) is 0. The molecule has 0 saturated heterocycles. The maximum absolute atomic E-state index is 6.37. The Morgan fingerprint density at radius 2 is 1.05 bits per heavy atom. The SMILES string of the molecule is c1ccc(-c2nc3cccc(-c4cccc(N(c5ccccc5)c5ccc(-c6ccc7ccccc7c6)cc5)c4)c3o2)cc1. The molecule has 0 N–H and O–H groups in total. The van der Waals surface area contributed by atoms with E-state index in [1.807, 2.05) is 42.5 Å². The summed E-state index contributed by atoms with van der Waals surface area (Å²) in [6.07, 6.45) is 0. The number of aromatic nitrogens is 1. The van der Waals surface area contributed by atoms with E-state index < -0.39 is 0 Å². The van der Waals surface area contributed by atoms with Crippen LogP contribution >= 0.6 is 0 Å². The predicted octanol–water partition coefficient (Wildman–Crippen LogP) is 11.5. The average molecular weight is 565 g/mol. The van der Waals surface area contributed by atoms with Crippen LogP contribution in [-0.2, 0) is 0 Å². The third-order valence-corrected chi connectivity index (χ3v) is 8.07. The summed E-state index contributed by atoms with van der Waals surface area (Å²) in [6, 6.07) is 59.3. The van der Waals surface area contributed by atoms with E-state index in [1.54, 1.807) is 0 Å². The van der Waals surface area contributed by atoms with Gasteiger partial charge in [0, 0.05) is 28.2 Å². The average Bonchev–Trinajstić information content (AvgIpc) is 3.55. The van der Waals surface area contributed by atoms with Gasteiger partial charge in [0.2, 0.25) is 5.89 Å². The smallest absolute Gasteiger partial charge is 0.227 e. The molecule has 44 heavy (non-hydrogen) atoms. The van der Waals surface area contributed by atoms with Crippen molar-refractivity contribution in [3.05, 3.63) is 170 Å². The number of para-hydroxylation sites is 2. The van der Waals surface area contributed by atoms with E-state index in [9.17, 15) is 0 Å². The summed E-state index contributed by atoms with van der Waals surface area (Å²) < 4.78 is 6.37. The van der Waals surface area contributed by atoms with E-state index in [0.717, 1.165) is 44.9 Å². The number of fused-ring (bicyclic) bond motifs is 2. The summed E-state index contributed by atoms with van der Waals surface area (Å²) >= 11 is 0. The standard InChI is InChI=1S/C41H28N2O/c1-3-12-31(13-4-1)41-42-39-20-10-19-38(40(39)44-41)34-15-9-18-37(28-34)43(35-16-5-2-6-17-35)36-25-23-30(24-26-36)33-22-21-29-11-7-8-14-32(29)27-33/h1-28H. The first-order chi connectivity index (χ1) is 21.8. The van der Waals surface area contributed by atoms with E-state index in [4.69, 9.17) is 9.40 Å². The molecule has 0 saturated carbocycles. The Hall–Kier alpha value is -5.93. The first-order valence-corrected chi connectivity index (χ1v) is 14.8. The van der Waals surface area contributed by atoms with Gasteiger partial charge in [-0.25, -0.2) is 4.98 Å². The molecule has 7 aromatic carbocycles. The van der Waals surface area contributed by atoms with Crippen LogP contribution in [0.4, 0.5) is 17.1 Å². The number of hydrogen-bond donors (Lipinski definition) is 0. The molecular weight excluding hydrogens is 536 g/mol. The first kappa shape index (κ1) is 25.8. The summed E-state index contributed by atoms with van der Waals surface area (Å²) in [7, 11) is 0. The second-order valence-electron chi connectivity index (χ2n) is 10.9. The molecule has 8 aromatic rings. The van der Waals surface area contributed by atoms with Crippen molar-refractivity contribution in [3.63, 3.8) is 0 Å². The lowest BCUT2D eigenvalue weighted by Gasteiger charge is -2.26. The van der Waals surface area contributed by atoms with Crippen molar-refractivity contribution in [2.45, 2.75) is 0 Å². The summed E-state index contributed by atoms with van der Waals surface area (Å²) in [5.74, 6) is 0.627. The number of hydrogen-bond acceptors (Lipinski definition) is 3. The Kier molecular flexibility index (Phi) is 6.47. The number of nitrogens with zero attached hydrogens (tertiary/aromatic N) is 2. The Balaban J connectivity index is 1.19. The van der Waals surface area contributed by atoms with Crippen LogP contribution in [0.2, 0.25) is 0 Å². The largest absolute Gasteiger partial charge is 0.435 e. The predicted molar refractivity (Wildman–Crippen MR) is 183 cm³/mol. The third kappa shape index (κ3) is 4.81. The number of benzene rings is 7. The van der Waals surface area contributed by atoms with Crippen molar-refractivity contribution in [2.24, 2.45) is 0 Å². The van der Waals surface area contributed by atoms with Gasteiger partial charge >= 0.3 is 0 Å². The molecule has 0 spiro atoms. The molecule has 0 aliphatic carbocycles. The normalized spacial score (nSPS) is 11.2. The van der Waals surface area contributed by atoms with Gasteiger partial charge in [0.25, 0.3) is 0 Å². The molecule has 0 atom stereocenters. The zero-order valence-corrected chi connectivity index (χ0v) is 24.0. The molecule has 0 unspecified atom stereocenters. The molecule has 1 heterocycles. The van der Waals surface area contributed by atoms with Crippen molar-refractivity contribution in [1.29, 1.82) is 0 Å². The molecule has 3 heteroatoms. The molecule has 3 nitrogen and oxygen atoms in total. The maximum atomic E-state index is 6.37. The van der Waals surface area contributed by atoms with E-state index in [1.165, 1.54) is 21.9 Å². The van der Waals surface area contributed by atoms with Gasteiger partial charge in [-0.3, -0.25) is 0 Å². The van der Waals surface area contributed by atoms with Crippen molar-refractivity contribution in [3.8, 4) is 33.7 Å². The van der Waals surface area contributed by atoms with Crippen LogP contribution in [-0.4, -0.2) is 4.98 Å². The Bertz CT molecular complexity index is 2220. The lowest BCUT2D eigenvalue weighted by atomic mass is 10.0. The Morgan fingerprint density at radius 1 is 0.409 bits per heavy atom. The van der Waals surface area contributed by atoms with Crippen LogP contribution in [0.1, 0.15) is 0 Å². The molecule has 208 valence electrons.